The maximum absolute atomic E-state index is 12.6. The Morgan fingerprint density at radius 3 is 1.22 bits per heavy atom. The van der Waals surface area contributed by atoms with E-state index in [-0.39, 0.29) is 47.8 Å². The van der Waals surface area contributed by atoms with Crippen LogP contribution in [0.4, 0.5) is 0 Å². The monoisotopic (exact) mass is 1480 g/mol. The molecule has 564 valence electrons. The number of rotatable bonds is 22. The van der Waals surface area contributed by atoms with Gasteiger partial charge in [-0.15, -0.1) is 0 Å². The second-order valence-electron chi connectivity index (χ2n) is 27.4. The van der Waals surface area contributed by atoms with Gasteiger partial charge in [-0.25, -0.2) is 29.5 Å². The number of aromatic nitrogens is 8. The highest BCUT2D eigenvalue weighted by molar-refractivity contribution is 6.08. The van der Waals surface area contributed by atoms with Crippen LogP contribution in [0, 0.1) is 6.92 Å². The van der Waals surface area contributed by atoms with E-state index in [9.17, 15) is 38.4 Å². The second-order valence-corrected chi connectivity index (χ2v) is 27.4. The fourth-order valence-electron chi connectivity index (χ4n) is 14.5. The summed E-state index contributed by atoms with van der Waals surface area (Å²) in [6.45, 7) is 12.1. The van der Waals surface area contributed by atoms with E-state index < -0.39 is 12.0 Å². The number of benzene rings is 8. The van der Waals surface area contributed by atoms with E-state index in [1.54, 1.807) is 31.2 Å². The Kier molecular flexibility index (Phi) is 24.3. The summed E-state index contributed by atoms with van der Waals surface area (Å²) in [5.74, 6) is 2.40. The molecule has 16 rings (SSSR count). The molecule has 4 aliphatic heterocycles. The van der Waals surface area contributed by atoms with Crippen molar-refractivity contribution in [1.29, 1.82) is 0 Å². The molecule has 8 aromatic carbocycles. The first-order valence-electron chi connectivity index (χ1n) is 37.7. The Morgan fingerprint density at radius 2 is 0.809 bits per heavy atom. The number of aryl methyl sites for hydroxylation is 8. The normalized spacial score (nSPS) is 13.6. The highest BCUT2D eigenvalue weighted by atomic mass is 16.5. The van der Waals surface area contributed by atoms with Gasteiger partial charge in [-0.05, 0) is 128 Å². The van der Waals surface area contributed by atoms with Gasteiger partial charge in [-0.1, -0.05) is 128 Å². The molecule has 0 radical (unpaired) electrons. The Balaban J connectivity index is 0.000000129. The van der Waals surface area contributed by atoms with Crippen LogP contribution < -0.4 is 31.9 Å². The maximum Gasteiger partial charge on any atom is 0.338 e. The van der Waals surface area contributed by atoms with Crippen LogP contribution >= 0.6 is 0 Å². The maximum atomic E-state index is 12.6. The minimum absolute atomic E-state index is 0.000884. The third-order valence-corrected chi connectivity index (χ3v) is 20.1. The Morgan fingerprint density at radius 1 is 0.427 bits per heavy atom. The number of ether oxygens (including phenoxy) is 2. The third kappa shape index (κ3) is 17.8. The van der Waals surface area contributed by atoms with Gasteiger partial charge in [-0.2, -0.15) is 0 Å². The summed E-state index contributed by atoms with van der Waals surface area (Å²) in [5, 5.41) is 17.5. The molecule has 110 heavy (non-hydrogen) atoms. The quantitative estimate of drug-likeness (QED) is 0.0344. The van der Waals surface area contributed by atoms with Crippen molar-refractivity contribution < 1.29 is 47.8 Å². The molecule has 0 aliphatic carbocycles. The van der Waals surface area contributed by atoms with E-state index in [1.807, 2.05) is 108 Å². The summed E-state index contributed by atoms with van der Waals surface area (Å²) >= 11 is 0. The molecule has 6 N–H and O–H groups in total. The molecular formula is C86H90N14O10. The first kappa shape index (κ1) is 75.6. The molecule has 0 saturated heterocycles. The van der Waals surface area contributed by atoms with Crippen LogP contribution in [0.3, 0.4) is 0 Å². The zero-order valence-corrected chi connectivity index (χ0v) is 62.3. The molecule has 4 aliphatic rings. The van der Waals surface area contributed by atoms with Crippen LogP contribution in [0.5, 0.6) is 0 Å². The van der Waals surface area contributed by atoms with E-state index in [0.717, 1.165) is 136 Å². The van der Waals surface area contributed by atoms with Crippen LogP contribution in [0.1, 0.15) is 135 Å². The smallest absolute Gasteiger partial charge is 0.338 e. The molecule has 0 bridgehead atoms. The van der Waals surface area contributed by atoms with Crippen LogP contribution in [-0.2, 0) is 108 Å². The topological polar surface area (TPSA) is 298 Å². The summed E-state index contributed by atoms with van der Waals surface area (Å²) in [7, 11) is 1.31. The van der Waals surface area contributed by atoms with Gasteiger partial charge in [0.05, 0.1) is 85.7 Å². The summed E-state index contributed by atoms with van der Waals surface area (Å²) in [6.07, 6.45) is 7.17. The number of amides is 6. The summed E-state index contributed by atoms with van der Waals surface area (Å²) < 4.78 is 18.3. The van der Waals surface area contributed by atoms with Crippen molar-refractivity contribution in [3.63, 3.8) is 0 Å². The molecule has 8 heterocycles. The summed E-state index contributed by atoms with van der Waals surface area (Å²) in [6, 6.07) is 55.9. The average Bonchev–Trinajstić information content (AvgIpc) is 1.63. The van der Waals surface area contributed by atoms with E-state index in [1.165, 1.54) is 29.4 Å². The molecule has 4 aromatic heterocycles. The molecule has 6 amide bonds. The van der Waals surface area contributed by atoms with Gasteiger partial charge >= 0.3 is 11.9 Å². The number of methoxy groups -OCH3 is 1. The van der Waals surface area contributed by atoms with Gasteiger partial charge < -0.3 is 59.6 Å². The lowest BCUT2D eigenvalue weighted by molar-refractivity contribution is -0.145. The number of esters is 2. The van der Waals surface area contributed by atoms with E-state index in [0.29, 0.717) is 100 Å². The number of nitrogens with one attached hydrogen (secondary N) is 6. The van der Waals surface area contributed by atoms with Crippen LogP contribution in [0.2, 0.25) is 0 Å². The number of para-hydroxylation sites is 4. The SMILES string of the molecule is CCOC(=O)c1ccc(CCc2nc3cccc4c3n2CCNC4=O)cc1.CCc1ccc(CCc2nc3cccc4c3n2CCNC4=O)cc1.COC(=O)C(Cc1ccccc1)NC(=O)CCc1nc2cccc3c2n1CCNC3=O.Cc1ccc(CCNC(=O)CCc2nc3cccc4c3n2CCNC4=O)cc1. The van der Waals surface area contributed by atoms with E-state index >= 15 is 0 Å². The second kappa shape index (κ2) is 35.4. The number of carbonyl (C=O) groups is 8. The summed E-state index contributed by atoms with van der Waals surface area (Å²) in [5.41, 5.74) is 17.3. The van der Waals surface area contributed by atoms with Crippen LogP contribution in [0.15, 0.2) is 176 Å². The van der Waals surface area contributed by atoms with E-state index in [4.69, 9.17) is 19.4 Å². The number of nitrogens with zero attached hydrogens (tertiary/aromatic N) is 8. The molecule has 1 atom stereocenters. The average molecular weight is 1480 g/mol. The van der Waals surface area contributed by atoms with Crippen molar-refractivity contribution in [2.45, 2.75) is 124 Å². The number of hydrogen-bond acceptors (Lipinski definition) is 14. The standard InChI is InChI=1S/C23H24N4O4.C22H24N4O2.C21H21N3O3.C20H21N3O/c1-31-23(30)18(14-15-6-3-2-4-7-15)26-20(28)11-10-19-25-17-9-5-8-16-21(17)27(19)13-12-24-22(16)29;1-15-5-7-16(8-6-15)11-12-23-20(27)10-9-19-25-18-4-2-3-17-21(18)26(19)14-13-24-22(17)28;1-2-27-21(26)15-9-6-14(7-10-15)8-11-18-23-17-5-3-4-16-19(17)24(18)13-12-22-20(16)25;1-2-14-6-8-15(9-7-14)10-11-18-22-17-5-3-4-16-19(17)23(18)13-12-21-20(16)24/h2-9,18H,10-14H2,1H3,(H,24,29)(H,26,28);2-8H,9-14H2,1H3,(H,23,27)(H,24,28);3-7,9-10H,2,8,11-13H2,1H3,(H,22,25);3-9H,2,10-13H2,1H3,(H,21,24). The molecule has 24 nitrogen and oxygen atoms in total. The minimum Gasteiger partial charge on any atom is -0.467 e. The molecule has 24 heteroatoms. The number of imidazole rings is 4. The lowest BCUT2D eigenvalue weighted by Crippen LogP contribution is -2.43. The highest BCUT2D eigenvalue weighted by Gasteiger charge is 2.28. The molecular weight excluding hydrogens is 1390 g/mol. The zero-order valence-electron chi connectivity index (χ0n) is 62.3. The predicted molar refractivity (Wildman–Crippen MR) is 420 cm³/mol. The number of hydrogen-bond donors (Lipinski definition) is 6. The first-order chi connectivity index (χ1) is 53.6. The van der Waals surface area contributed by atoms with Crippen molar-refractivity contribution in [3.05, 3.63) is 260 Å². The fourth-order valence-corrected chi connectivity index (χ4v) is 14.5. The van der Waals surface area contributed by atoms with Crippen LogP contribution in [-0.4, -0.2) is 138 Å². The Labute approximate surface area is 636 Å². The van der Waals surface area contributed by atoms with Crippen molar-refractivity contribution in [1.82, 2.24) is 70.1 Å². The first-order valence-corrected chi connectivity index (χ1v) is 37.7. The van der Waals surface area contributed by atoms with Gasteiger partial charge in [0.15, 0.2) is 0 Å². The van der Waals surface area contributed by atoms with Crippen molar-refractivity contribution in [2.75, 3.05) is 46.4 Å². The molecule has 1 unspecified atom stereocenters. The van der Waals surface area contributed by atoms with Gasteiger partial charge in [0.25, 0.3) is 23.6 Å². The zero-order chi connectivity index (χ0) is 76.6. The largest absolute Gasteiger partial charge is 0.467 e. The minimum atomic E-state index is -0.755. The van der Waals surface area contributed by atoms with Crippen molar-refractivity contribution in [2.24, 2.45) is 0 Å². The van der Waals surface area contributed by atoms with Crippen molar-refractivity contribution in [3.8, 4) is 0 Å². The fraction of sp³-hybridized carbons (Fsp3) is 0.302. The van der Waals surface area contributed by atoms with Crippen LogP contribution in [0.25, 0.3) is 44.1 Å². The Bertz CT molecular complexity index is 5370. The predicted octanol–water partition coefficient (Wildman–Crippen LogP) is 9.86. The molecule has 0 saturated carbocycles. The highest BCUT2D eigenvalue weighted by Crippen LogP contribution is 2.28. The molecule has 0 fully saturated rings. The van der Waals surface area contributed by atoms with Gasteiger partial charge in [0.2, 0.25) is 11.8 Å². The van der Waals surface area contributed by atoms with Gasteiger partial charge in [0.1, 0.15) is 29.3 Å². The van der Waals surface area contributed by atoms with E-state index in [2.05, 4.69) is 118 Å². The lowest BCUT2D eigenvalue weighted by Gasteiger charge is -2.16. The Hall–Kier alpha value is -12.6. The number of carbonyl (C=O) groups excluding carboxylic acids is 8. The van der Waals surface area contributed by atoms with Crippen molar-refractivity contribution >= 4 is 91.5 Å². The lowest BCUT2D eigenvalue weighted by atomic mass is 10.1. The molecule has 0 spiro atoms. The third-order valence-electron chi connectivity index (χ3n) is 20.1. The molecule has 12 aromatic rings. The van der Waals surface area contributed by atoms with Gasteiger partial charge in [-0.3, -0.25) is 28.8 Å². The summed E-state index contributed by atoms with van der Waals surface area (Å²) in [4.78, 5) is 117. The van der Waals surface area contributed by atoms with Gasteiger partial charge in [0, 0.05) is 104 Å².